The van der Waals surface area contributed by atoms with Gasteiger partial charge in [-0.3, -0.25) is 4.79 Å². The van der Waals surface area contributed by atoms with Crippen LogP contribution in [0, 0.1) is 0 Å². The van der Waals surface area contributed by atoms with E-state index in [1.165, 1.54) is 0 Å². The van der Waals surface area contributed by atoms with Crippen LogP contribution in [-0.2, 0) is 4.74 Å². The van der Waals surface area contributed by atoms with Crippen LogP contribution in [-0.4, -0.2) is 49.5 Å². The van der Waals surface area contributed by atoms with Gasteiger partial charge in [0.2, 0.25) is 5.88 Å². The second kappa shape index (κ2) is 7.61. The number of nitrogens with one attached hydrogen (secondary N) is 1. The van der Waals surface area contributed by atoms with Gasteiger partial charge in [0.15, 0.2) is 11.5 Å². The number of aromatic nitrogens is 1. The maximum Gasteiger partial charge on any atom is 0.251 e. The van der Waals surface area contributed by atoms with Crippen molar-refractivity contribution in [3.05, 3.63) is 48.2 Å². The minimum Gasteiger partial charge on any atom is -0.486 e. The summed E-state index contributed by atoms with van der Waals surface area (Å²) in [5, 5.41) is 2.87. The molecule has 1 N–H and O–H groups in total. The summed E-state index contributed by atoms with van der Waals surface area (Å²) in [6.07, 6.45) is 2.16. The number of carbonyl (C=O) groups is 1. The molecule has 2 aromatic rings. The summed E-state index contributed by atoms with van der Waals surface area (Å²) in [5.74, 6) is 1.64. The Kier molecular flexibility index (Phi) is 4.88. The van der Waals surface area contributed by atoms with E-state index in [9.17, 15) is 4.79 Å². The van der Waals surface area contributed by atoms with Gasteiger partial charge in [-0.2, -0.15) is 0 Å². The van der Waals surface area contributed by atoms with Crippen molar-refractivity contribution in [2.45, 2.75) is 18.6 Å². The number of hydrogen-bond donors (Lipinski definition) is 1. The average Bonchev–Trinajstić information content (AvgIpc) is 3.19. The molecule has 0 bridgehead atoms. The molecule has 4 rings (SSSR count). The number of para-hydroxylation sites is 2. The Hall–Kier alpha value is -2.80. The lowest BCUT2D eigenvalue weighted by molar-refractivity contribution is 0.0788. The Morgan fingerprint density at radius 1 is 1.23 bits per heavy atom. The van der Waals surface area contributed by atoms with Crippen LogP contribution < -0.4 is 19.5 Å². The van der Waals surface area contributed by atoms with E-state index >= 15 is 0 Å². The van der Waals surface area contributed by atoms with E-state index in [0.717, 1.165) is 12.2 Å². The maximum atomic E-state index is 12.4. The second-order valence-corrected chi connectivity index (χ2v) is 6.19. The van der Waals surface area contributed by atoms with Gasteiger partial charge in [-0.1, -0.05) is 12.1 Å². The largest absolute Gasteiger partial charge is 0.486 e. The Bertz CT molecular complexity index is 776. The molecule has 7 heteroatoms. The molecule has 0 aliphatic carbocycles. The molecule has 1 amide bonds. The number of benzene rings is 1. The van der Waals surface area contributed by atoms with Crippen LogP contribution in [0.15, 0.2) is 42.6 Å². The van der Waals surface area contributed by atoms with Crippen LogP contribution in [0.4, 0.5) is 0 Å². The zero-order chi connectivity index (χ0) is 17.8. The number of amides is 1. The highest BCUT2D eigenvalue weighted by Gasteiger charge is 2.22. The normalized spacial score (nSPS) is 21.2. The number of hydrogen-bond acceptors (Lipinski definition) is 6. The lowest BCUT2D eigenvalue weighted by atomic mass is 10.2. The minimum absolute atomic E-state index is 0.00586. The van der Waals surface area contributed by atoms with Gasteiger partial charge in [-0.15, -0.1) is 0 Å². The predicted octanol–water partition coefficient (Wildman–Crippen LogP) is 1.82. The Balaban J connectivity index is 1.32. The van der Waals surface area contributed by atoms with Gasteiger partial charge in [-0.05, 0) is 18.2 Å². The first-order valence-electron chi connectivity index (χ1n) is 8.65. The molecule has 0 saturated carbocycles. The lowest BCUT2D eigenvalue weighted by Gasteiger charge is -2.26. The van der Waals surface area contributed by atoms with Gasteiger partial charge in [0.05, 0.1) is 19.8 Å². The topological polar surface area (TPSA) is 78.9 Å². The molecule has 136 valence electrons. The predicted molar refractivity (Wildman–Crippen MR) is 92.8 cm³/mol. The fourth-order valence-electron chi connectivity index (χ4n) is 2.86. The standard InChI is InChI=1S/C19H20N2O5/c22-19(13-5-7-20-18(9-13)26-14-6-8-23-11-14)21-10-15-12-24-16-3-1-2-4-17(16)25-15/h1-5,7,9,14-15H,6,8,10-12H2,(H,21,22). The van der Waals surface area contributed by atoms with E-state index in [1.54, 1.807) is 18.3 Å². The number of pyridine rings is 1. The highest BCUT2D eigenvalue weighted by atomic mass is 16.6. The molecule has 26 heavy (non-hydrogen) atoms. The summed E-state index contributed by atoms with van der Waals surface area (Å²) in [5.41, 5.74) is 0.492. The van der Waals surface area contributed by atoms with Gasteiger partial charge in [0.25, 0.3) is 5.91 Å². The van der Waals surface area contributed by atoms with Crippen molar-refractivity contribution < 1.29 is 23.7 Å². The molecule has 1 fully saturated rings. The fourth-order valence-corrected chi connectivity index (χ4v) is 2.86. The Labute approximate surface area is 151 Å². The van der Waals surface area contributed by atoms with E-state index in [-0.39, 0.29) is 18.1 Å². The monoisotopic (exact) mass is 356 g/mol. The summed E-state index contributed by atoms with van der Waals surface area (Å²) in [7, 11) is 0. The van der Waals surface area contributed by atoms with Crippen LogP contribution in [0.5, 0.6) is 17.4 Å². The number of nitrogens with zero attached hydrogens (tertiary/aromatic N) is 1. The van der Waals surface area contributed by atoms with Crippen molar-refractivity contribution in [1.29, 1.82) is 0 Å². The average molecular weight is 356 g/mol. The molecular formula is C19H20N2O5. The van der Waals surface area contributed by atoms with Crippen molar-refractivity contribution in [3.8, 4) is 17.4 Å². The van der Waals surface area contributed by atoms with E-state index in [2.05, 4.69) is 10.3 Å². The third-order valence-electron chi connectivity index (χ3n) is 4.23. The smallest absolute Gasteiger partial charge is 0.251 e. The summed E-state index contributed by atoms with van der Waals surface area (Å²) in [4.78, 5) is 16.6. The van der Waals surface area contributed by atoms with Crippen molar-refractivity contribution in [2.24, 2.45) is 0 Å². The molecule has 0 radical (unpaired) electrons. The summed E-state index contributed by atoms with van der Waals surface area (Å²) in [6, 6.07) is 10.8. The molecule has 1 aromatic carbocycles. The van der Waals surface area contributed by atoms with E-state index < -0.39 is 0 Å². The third kappa shape index (κ3) is 3.88. The lowest BCUT2D eigenvalue weighted by Crippen LogP contribution is -2.40. The van der Waals surface area contributed by atoms with Gasteiger partial charge >= 0.3 is 0 Å². The van der Waals surface area contributed by atoms with Crippen LogP contribution in [0.1, 0.15) is 16.8 Å². The Morgan fingerprint density at radius 3 is 2.96 bits per heavy atom. The van der Waals surface area contributed by atoms with Crippen LogP contribution >= 0.6 is 0 Å². The van der Waals surface area contributed by atoms with Crippen LogP contribution in [0.25, 0.3) is 0 Å². The fraction of sp³-hybridized carbons (Fsp3) is 0.368. The number of carbonyl (C=O) groups excluding carboxylic acids is 1. The molecule has 7 nitrogen and oxygen atoms in total. The highest BCUT2D eigenvalue weighted by Crippen LogP contribution is 2.30. The van der Waals surface area contributed by atoms with Crippen molar-refractivity contribution in [2.75, 3.05) is 26.4 Å². The van der Waals surface area contributed by atoms with Gasteiger partial charge < -0.3 is 24.3 Å². The van der Waals surface area contributed by atoms with Gasteiger partial charge in [-0.25, -0.2) is 4.98 Å². The molecule has 2 aliphatic heterocycles. The molecule has 2 aliphatic rings. The number of fused-ring (bicyclic) bond motifs is 1. The van der Waals surface area contributed by atoms with Gasteiger partial charge in [0.1, 0.15) is 18.8 Å². The van der Waals surface area contributed by atoms with E-state index in [0.29, 0.717) is 43.6 Å². The number of ether oxygens (including phenoxy) is 4. The van der Waals surface area contributed by atoms with E-state index in [1.807, 2.05) is 24.3 Å². The maximum absolute atomic E-state index is 12.4. The van der Waals surface area contributed by atoms with Crippen LogP contribution in [0.2, 0.25) is 0 Å². The first kappa shape index (κ1) is 16.7. The molecule has 2 atom stereocenters. The van der Waals surface area contributed by atoms with Crippen molar-refractivity contribution >= 4 is 5.91 Å². The van der Waals surface area contributed by atoms with Crippen LogP contribution in [0.3, 0.4) is 0 Å². The summed E-state index contributed by atoms with van der Waals surface area (Å²) < 4.78 is 22.5. The quantitative estimate of drug-likeness (QED) is 0.880. The molecule has 0 spiro atoms. The van der Waals surface area contributed by atoms with Gasteiger partial charge in [0, 0.05) is 24.2 Å². The third-order valence-corrected chi connectivity index (χ3v) is 4.23. The SMILES string of the molecule is O=C(NCC1COc2ccccc2O1)c1ccnc(OC2CCOC2)c1. The first-order chi connectivity index (χ1) is 12.8. The zero-order valence-electron chi connectivity index (χ0n) is 14.2. The molecule has 3 heterocycles. The molecule has 1 aromatic heterocycles. The Morgan fingerprint density at radius 2 is 2.12 bits per heavy atom. The second-order valence-electron chi connectivity index (χ2n) is 6.19. The summed E-state index contributed by atoms with van der Waals surface area (Å²) >= 11 is 0. The first-order valence-corrected chi connectivity index (χ1v) is 8.65. The van der Waals surface area contributed by atoms with Crippen molar-refractivity contribution in [1.82, 2.24) is 10.3 Å². The highest BCUT2D eigenvalue weighted by molar-refractivity contribution is 5.94. The molecule has 2 unspecified atom stereocenters. The zero-order valence-corrected chi connectivity index (χ0v) is 14.2. The van der Waals surface area contributed by atoms with E-state index in [4.69, 9.17) is 18.9 Å². The van der Waals surface area contributed by atoms with Crippen molar-refractivity contribution in [3.63, 3.8) is 0 Å². The molecule has 1 saturated heterocycles. The minimum atomic E-state index is -0.234. The number of rotatable bonds is 5. The molecular weight excluding hydrogens is 336 g/mol. The summed E-state index contributed by atoms with van der Waals surface area (Å²) in [6.45, 7) is 1.99.